The molecule has 1 aliphatic heterocycles. The lowest BCUT2D eigenvalue weighted by molar-refractivity contribution is -0.122. The van der Waals surface area contributed by atoms with E-state index in [0.717, 1.165) is 5.56 Å². The lowest BCUT2D eigenvalue weighted by Gasteiger charge is -2.18. The van der Waals surface area contributed by atoms with Crippen molar-refractivity contribution in [3.05, 3.63) is 29.5 Å². The van der Waals surface area contributed by atoms with Gasteiger partial charge in [0.1, 0.15) is 5.70 Å². The van der Waals surface area contributed by atoms with Crippen molar-refractivity contribution in [2.24, 2.45) is 5.92 Å². The van der Waals surface area contributed by atoms with Crippen molar-refractivity contribution in [3.63, 3.8) is 0 Å². The zero-order valence-corrected chi connectivity index (χ0v) is 14.0. The Morgan fingerprint density at radius 1 is 1.41 bits per heavy atom. The molecule has 2 rings (SSSR count). The van der Waals surface area contributed by atoms with Gasteiger partial charge in [0.15, 0.2) is 16.6 Å². The Hall–Kier alpha value is -2.08. The van der Waals surface area contributed by atoms with Crippen molar-refractivity contribution in [2.45, 2.75) is 13.8 Å². The summed E-state index contributed by atoms with van der Waals surface area (Å²) in [6, 6.07) is 4.94. The molecule has 0 atom stereocenters. The topological polar surface area (TPSA) is 53.0 Å². The molecule has 0 saturated carbocycles. The fourth-order valence-electron chi connectivity index (χ4n) is 2.28. The number of hydrogen-bond donors (Lipinski definition) is 1. The summed E-state index contributed by atoms with van der Waals surface area (Å²) < 4.78 is 5.08. The number of nitrogens with zero attached hydrogens (tertiary/aromatic N) is 2. The molecule has 1 fully saturated rings. The highest BCUT2D eigenvalue weighted by molar-refractivity contribution is 7.80. The summed E-state index contributed by atoms with van der Waals surface area (Å²) in [6.07, 6.45) is 1.75. The molecule has 1 aromatic carbocycles. The van der Waals surface area contributed by atoms with E-state index in [2.05, 4.69) is 0 Å². The van der Waals surface area contributed by atoms with Crippen LogP contribution >= 0.6 is 12.2 Å². The minimum atomic E-state index is -0.103. The number of carbonyl (C=O) groups excluding carboxylic acids is 1. The van der Waals surface area contributed by atoms with Gasteiger partial charge in [-0.25, -0.2) is 0 Å². The van der Waals surface area contributed by atoms with Crippen molar-refractivity contribution < 1.29 is 14.6 Å². The largest absolute Gasteiger partial charge is 0.504 e. The summed E-state index contributed by atoms with van der Waals surface area (Å²) in [5.41, 5.74) is 1.28. The van der Waals surface area contributed by atoms with Crippen LogP contribution in [0.4, 0.5) is 0 Å². The van der Waals surface area contributed by atoms with Gasteiger partial charge in [-0.2, -0.15) is 0 Å². The second kappa shape index (κ2) is 6.36. The first kappa shape index (κ1) is 16.3. The fraction of sp³-hybridized carbons (Fsp3) is 0.375. The lowest BCUT2D eigenvalue weighted by atomic mass is 10.1. The summed E-state index contributed by atoms with van der Waals surface area (Å²) in [7, 11) is 3.27. The number of methoxy groups -OCH3 is 1. The number of carbonyl (C=O) groups is 1. The molecule has 0 bridgehead atoms. The van der Waals surface area contributed by atoms with Gasteiger partial charge in [0.05, 0.1) is 7.11 Å². The number of ether oxygens (including phenoxy) is 1. The standard InChI is InChI=1S/C16H20N2O3S/c1-10(2)9-18-15(20)12(17(3)16(18)22)7-11-5-6-13(19)14(8-11)21-4/h5-8,10,19H,9H2,1-4H3. The van der Waals surface area contributed by atoms with Gasteiger partial charge >= 0.3 is 0 Å². The lowest BCUT2D eigenvalue weighted by Crippen LogP contribution is -2.34. The number of phenolic OH excluding ortho intramolecular Hbond substituents is 1. The first-order chi connectivity index (χ1) is 10.3. The molecule has 1 N–H and O–H groups in total. The smallest absolute Gasteiger partial charge is 0.276 e. The molecule has 5 nitrogen and oxygen atoms in total. The number of likely N-dealkylation sites (N-methyl/N-ethyl adjacent to an activating group) is 1. The van der Waals surface area contributed by atoms with E-state index in [1.807, 2.05) is 13.8 Å². The molecule has 0 aliphatic carbocycles. The summed E-state index contributed by atoms with van der Waals surface area (Å²) in [6.45, 7) is 4.68. The minimum Gasteiger partial charge on any atom is -0.504 e. The Kier molecular flexibility index (Phi) is 4.71. The first-order valence-electron chi connectivity index (χ1n) is 7.03. The molecule has 1 heterocycles. The van der Waals surface area contributed by atoms with E-state index in [1.165, 1.54) is 13.2 Å². The van der Waals surface area contributed by atoms with Crippen LogP contribution in [0.5, 0.6) is 11.5 Å². The molecular weight excluding hydrogens is 300 g/mol. The summed E-state index contributed by atoms with van der Waals surface area (Å²) >= 11 is 5.35. The minimum absolute atomic E-state index is 0.0627. The Bertz CT molecular complexity index is 640. The zero-order chi connectivity index (χ0) is 16.4. The van der Waals surface area contributed by atoms with Crippen molar-refractivity contribution in [2.75, 3.05) is 20.7 Å². The van der Waals surface area contributed by atoms with Gasteiger partial charge in [-0.15, -0.1) is 0 Å². The van der Waals surface area contributed by atoms with Crippen LogP contribution in [0.1, 0.15) is 19.4 Å². The maximum Gasteiger partial charge on any atom is 0.276 e. The number of hydrogen-bond acceptors (Lipinski definition) is 4. The highest BCUT2D eigenvalue weighted by atomic mass is 32.1. The molecule has 1 aliphatic rings. The second-order valence-corrected chi connectivity index (χ2v) is 5.98. The van der Waals surface area contributed by atoms with E-state index in [-0.39, 0.29) is 11.7 Å². The van der Waals surface area contributed by atoms with Crippen LogP contribution < -0.4 is 4.74 Å². The van der Waals surface area contributed by atoms with E-state index >= 15 is 0 Å². The van der Waals surface area contributed by atoms with E-state index in [0.29, 0.717) is 29.0 Å². The van der Waals surface area contributed by atoms with Crippen LogP contribution in [0.15, 0.2) is 23.9 Å². The number of amides is 1. The van der Waals surface area contributed by atoms with Gasteiger partial charge in [-0.1, -0.05) is 19.9 Å². The van der Waals surface area contributed by atoms with Crippen LogP contribution in [-0.2, 0) is 4.79 Å². The Balaban J connectivity index is 2.35. The van der Waals surface area contributed by atoms with Crippen molar-refractivity contribution in [3.8, 4) is 11.5 Å². The fourth-order valence-corrected chi connectivity index (χ4v) is 2.54. The predicted molar refractivity (Wildman–Crippen MR) is 89.5 cm³/mol. The van der Waals surface area contributed by atoms with Crippen LogP contribution in [-0.4, -0.2) is 46.6 Å². The van der Waals surface area contributed by atoms with E-state index in [9.17, 15) is 9.90 Å². The number of benzene rings is 1. The second-order valence-electron chi connectivity index (χ2n) is 5.61. The third-order valence-corrected chi connectivity index (χ3v) is 3.89. The first-order valence-corrected chi connectivity index (χ1v) is 7.44. The summed E-state index contributed by atoms with van der Waals surface area (Å²) in [5, 5.41) is 10.1. The number of thiocarbonyl (C=S) groups is 1. The molecule has 1 saturated heterocycles. The monoisotopic (exact) mass is 320 g/mol. The Morgan fingerprint density at radius 3 is 2.68 bits per heavy atom. The molecule has 0 radical (unpaired) electrons. The Labute approximate surface area is 135 Å². The van der Waals surface area contributed by atoms with E-state index < -0.39 is 0 Å². The molecule has 22 heavy (non-hydrogen) atoms. The average Bonchev–Trinajstić information content (AvgIpc) is 2.66. The van der Waals surface area contributed by atoms with Gasteiger partial charge in [-0.05, 0) is 41.9 Å². The van der Waals surface area contributed by atoms with Crippen molar-refractivity contribution in [1.29, 1.82) is 0 Å². The highest BCUT2D eigenvalue weighted by Crippen LogP contribution is 2.29. The number of rotatable bonds is 4. The van der Waals surface area contributed by atoms with Gasteiger partial charge in [-0.3, -0.25) is 9.69 Å². The maximum atomic E-state index is 12.5. The van der Waals surface area contributed by atoms with Crippen molar-refractivity contribution in [1.82, 2.24) is 9.80 Å². The zero-order valence-electron chi connectivity index (χ0n) is 13.2. The molecule has 1 amide bonds. The Morgan fingerprint density at radius 2 is 2.09 bits per heavy atom. The van der Waals surface area contributed by atoms with E-state index in [1.54, 1.807) is 35.1 Å². The molecule has 1 aromatic rings. The summed E-state index contributed by atoms with van der Waals surface area (Å²) in [4.78, 5) is 15.9. The third-order valence-electron chi connectivity index (χ3n) is 3.40. The average molecular weight is 320 g/mol. The van der Waals surface area contributed by atoms with Gasteiger partial charge in [0.2, 0.25) is 0 Å². The quantitative estimate of drug-likeness (QED) is 0.682. The third kappa shape index (κ3) is 3.06. The highest BCUT2D eigenvalue weighted by Gasteiger charge is 2.35. The molecular formula is C16H20N2O3S. The van der Waals surface area contributed by atoms with Crippen LogP contribution in [0.25, 0.3) is 6.08 Å². The van der Waals surface area contributed by atoms with Gasteiger partial charge in [0, 0.05) is 13.6 Å². The molecule has 0 aromatic heterocycles. The SMILES string of the molecule is COc1cc(C=C2C(=O)N(CC(C)C)C(=S)N2C)ccc1O. The van der Waals surface area contributed by atoms with Crippen molar-refractivity contribution >= 4 is 29.3 Å². The van der Waals surface area contributed by atoms with Gasteiger partial charge < -0.3 is 14.7 Å². The normalized spacial score (nSPS) is 17.0. The molecule has 118 valence electrons. The van der Waals surface area contributed by atoms with Crippen LogP contribution in [0, 0.1) is 5.92 Å². The molecule has 0 spiro atoms. The number of phenols is 1. The molecule has 0 unspecified atom stereocenters. The number of aromatic hydroxyl groups is 1. The van der Waals surface area contributed by atoms with Crippen LogP contribution in [0.2, 0.25) is 0 Å². The van der Waals surface area contributed by atoms with Crippen LogP contribution in [0.3, 0.4) is 0 Å². The predicted octanol–water partition coefficient (Wildman–Crippen LogP) is 2.46. The van der Waals surface area contributed by atoms with Gasteiger partial charge in [0.25, 0.3) is 5.91 Å². The molecule has 6 heteroatoms. The van der Waals surface area contributed by atoms with E-state index in [4.69, 9.17) is 17.0 Å². The maximum absolute atomic E-state index is 12.5. The summed E-state index contributed by atoms with van der Waals surface area (Å²) in [5.74, 6) is 0.661.